The first-order valence-electron chi connectivity index (χ1n) is 8.22. The summed E-state index contributed by atoms with van der Waals surface area (Å²) < 4.78 is 29.0. The van der Waals surface area contributed by atoms with Gasteiger partial charge in [0, 0.05) is 38.9 Å². The maximum absolute atomic E-state index is 12.7. The Labute approximate surface area is 143 Å². The molecule has 1 aliphatic heterocycles. The Bertz CT molecular complexity index is 775. The molecule has 0 spiro atoms. The molecule has 1 saturated heterocycles. The Kier molecular flexibility index (Phi) is 5.03. The van der Waals surface area contributed by atoms with E-state index in [1.807, 2.05) is 36.9 Å². The van der Waals surface area contributed by atoms with Crippen LogP contribution in [-0.2, 0) is 23.6 Å². The zero-order chi connectivity index (χ0) is 17.2. The van der Waals surface area contributed by atoms with Crippen molar-refractivity contribution < 1.29 is 8.42 Å². The third-order valence-corrected chi connectivity index (χ3v) is 6.51. The van der Waals surface area contributed by atoms with Gasteiger partial charge in [0.15, 0.2) is 0 Å². The lowest BCUT2D eigenvalue weighted by Gasteiger charge is -2.31. The van der Waals surface area contributed by atoms with E-state index in [1.165, 1.54) is 0 Å². The quantitative estimate of drug-likeness (QED) is 0.893. The zero-order valence-electron chi connectivity index (χ0n) is 14.1. The summed E-state index contributed by atoms with van der Waals surface area (Å²) in [6.45, 7) is 3.82. The van der Waals surface area contributed by atoms with Gasteiger partial charge in [-0.2, -0.15) is 4.31 Å². The summed E-state index contributed by atoms with van der Waals surface area (Å²) in [6.07, 6.45) is 5.28. The number of nitrogens with one attached hydrogen (secondary N) is 1. The molecule has 7 heteroatoms. The molecule has 1 aromatic carbocycles. The molecule has 130 valence electrons. The van der Waals surface area contributed by atoms with Crippen molar-refractivity contribution in [1.82, 2.24) is 19.2 Å². The van der Waals surface area contributed by atoms with Crippen molar-refractivity contribution in [2.24, 2.45) is 7.05 Å². The molecule has 3 rings (SSSR count). The van der Waals surface area contributed by atoms with Crippen molar-refractivity contribution in [3.8, 4) is 0 Å². The average Bonchev–Trinajstić information content (AvgIpc) is 2.99. The number of aryl methyl sites for hydroxylation is 2. The van der Waals surface area contributed by atoms with E-state index in [9.17, 15) is 8.42 Å². The van der Waals surface area contributed by atoms with E-state index in [0.29, 0.717) is 24.0 Å². The van der Waals surface area contributed by atoms with Crippen molar-refractivity contribution >= 4 is 10.0 Å². The van der Waals surface area contributed by atoms with Crippen LogP contribution in [0.3, 0.4) is 0 Å². The Balaban J connectivity index is 1.56. The zero-order valence-corrected chi connectivity index (χ0v) is 15.0. The van der Waals surface area contributed by atoms with E-state index < -0.39 is 10.0 Å². The van der Waals surface area contributed by atoms with Gasteiger partial charge in [-0.1, -0.05) is 17.7 Å². The van der Waals surface area contributed by atoms with Crippen LogP contribution < -0.4 is 5.32 Å². The molecule has 0 radical (unpaired) electrons. The Morgan fingerprint density at radius 2 is 1.88 bits per heavy atom. The van der Waals surface area contributed by atoms with E-state index in [2.05, 4.69) is 10.3 Å². The van der Waals surface area contributed by atoms with Crippen LogP contribution >= 0.6 is 0 Å². The van der Waals surface area contributed by atoms with E-state index in [-0.39, 0.29) is 0 Å². The molecule has 1 N–H and O–H groups in total. The highest BCUT2D eigenvalue weighted by molar-refractivity contribution is 7.89. The number of benzene rings is 1. The molecular weight excluding hydrogens is 324 g/mol. The summed E-state index contributed by atoms with van der Waals surface area (Å²) in [6, 6.07) is 7.41. The molecule has 1 aromatic heterocycles. The monoisotopic (exact) mass is 348 g/mol. The molecule has 1 aliphatic rings. The molecule has 0 unspecified atom stereocenters. The standard InChI is InChI=1S/C17H24N4O2S/c1-14-3-5-17(6-4-14)24(22,23)21-9-7-15(8-10-21)19-12-16-11-18-13-20(16)2/h3-6,11,13,15,19H,7-10,12H2,1-2H3. The number of nitrogens with zero attached hydrogens (tertiary/aromatic N) is 3. The van der Waals surface area contributed by atoms with E-state index in [0.717, 1.165) is 30.6 Å². The Morgan fingerprint density at radius 1 is 1.21 bits per heavy atom. The summed E-state index contributed by atoms with van der Waals surface area (Å²) in [5.74, 6) is 0. The van der Waals surface area contributed by atoms with E-state index in [1.54, 1.807) is 22.8 Å². The largest absolute Gasteiger partial charge is 0.337 e. The summed E-state index contributed by atoms with van der Waals surface area (Å²) in [4.78, 5) is 4.49. The van der Waals surface area contributed by atoms with Gasteiger partial charge in [-0.3, -0.25) is 0 Å². The predicted molar refractivity (Wildman–Crippen MR) is 93.0 cm³/mol. The number of hydrogen-bond donors (Lipinski definition) is 1. The van der Waals surface area contributed by atoms with E-state index >= 15 is 0 Å². The normalized spacial score (nSPS) is 17.2. The van der Waals surface area contributed by atoms with Gasteiger partial charge >= 0.3 is 0 Å². The van der Waals surface area contributed by atoms with Crippen molar-refractivity contribution in [2.45, 2.75) is 37.2 Å². The van der Waals surface area contributed by atoms with Crippen LogP contribution in [0.1, 0.15) is 24.1 Å². The van der Waals surface area contributed by atoms with Gasteiger partial charge in [0.2, 0.25) is 10.0 Å². The number of sulfonamides is 1. The Morgan fingerprint density at radius 3 is 2.46 bits per heavy atom. The summed E-state index contributed by atoms with van der Waals surface area (Å²) >= 11 is 0. The molecule has 0 amide bonds. The van der Waals surface area contributed by atoms with E-state index in [4.69, 9.17) is 0 Å². The second-order valence-corrected chi connectivity index (χ2v) is 8.31. The van der Waals surface area contributed by atoms with Crippen LogP contribution in [-0.4, -0.2) is 41.4 Å². The molecule has 0 saturated carbocycles. The fraction of sp³-hybridized carbons (Fsp3) is 0.471. The third kappa shape index (κ3) is 3.68. The highest BCUT2D eigenvalue weighted by Gasteiger charge is 2.29. The maximum Gasteiger partial charge on any atom is 0.243 e. The topological polar surface area (TPSA) is 67.2 Å². The first kappa shape index (κ1) is 17.1. The second-order valence-electron chi connectivity index (χ2n) is 6.37. The predicted octanol–water partition coefficient (Wildman–Crippen LogP) is 1.67. The highest BCUT2D eigenvalue weighted by atomic mass is 32.2. The van der Waals surface area contributed by atoms with Crippen molar-refractivity contribution in [2.75, 3.05) is 13.1 Å². The summed E-state index contributed by atoms with van der Waals surface area (Å²) in [5, 5.41) is 3.50. The number of piperidine rings is 1. The van der Waals surface area contributed by atoms with Crippen LogP contribution in [0.4, 0.5) is 0 Å². The maximum atomic E-state index is 12.7. The minimum atomic E-state index is -3.38. The second kappa shape index (κ2) is 7.04. The van der Waals surface area contributed by atoms with Crippen LogP contribution in [0.5, 0.6) is 0 Å². The molecular formula is C17H24N4O2S. The number of rotatable bonds is 5. The van der Waals surface area contributed by atoms with Gasteiger partial charge in [-0.05, 0) is 31.9 Å². The average molecular weight is 348 g/mol. The smallest absolute Gasteiger partial charge is 0.243 e. The van der Waals surface area contributed by atoms with Gasteiger partial charge in [-0.25, -0.2) is 13.4 Å². The molecule has 2 aromatic rings. The Hall–Kier alpha value is -1.70. The fourth-order valence-electron chi connectivity index (χ4n) is 2.96. The van der Waals surface area contributed by atoms with Crippen molar-refractivity contribution in [3.05, 3.63) is 48.0 Å². The number of hydrogen-bond acceptors (Lipinski definition) is 4. The summed E-state index contributed by atoms with van der Waals surface area (Å²) in [7, 11) is -1.40. The third-order valence-electron chi connectivity index (χ3n) is 4.60. The minimum Gasteiger partial charge on any atom is -0.337 e. The molecule has 1 fully saturated rings. The molecule has 0 bridgehead atoms. The van der Waals surface area contributed by atoms with Crippen molar-refractivity contribution in [3.63, 3.8) is 0 Å². The van der Waals surface area contributed by atoms with Crippen LogP contribution in [0.2, 0.25) is 0 Å². The van der Waals surface area contributed by atoms with Crippen LogP contribution in [0, 0.1) is 6.92 Å². The molecule has 0 aliphatic carbocycles. The first-order valence-corrected chi connectivity index (χ1v) is 9.66. The molecule has 6 nitrogen and oxygen atoms in total. The number of aromatic nitrogens is 2. The SMILES string of the molecule is Cc1ccc(S(=O)(=O)N2CCC(NCc3cncn3C)CC2)cc1. The van der Waals surface area contributed by atoms with Crippen LogP contribution in [0.15, 0.2) is 41.7 Å². The van der Waals surface area contributed by atoms with Gasteiger partial charge in [0.25, 0.3) is 0 Å². The molecule has 0 atom stereocenters. The van der Waals surface area contributed by atoms with Gasteiger partial charge in [-0.15, -0.1) is 0 Å². The minimum absolute atomic E-state index is 0.337. The number of imidazole rings is 1. The molecule has 2 heterocycles. The lowest BCUT2D eigenvalue weighted by molar-refractivity contribution is 0.287. The first-order chi connectivity index (χ1) is 11.5. The van der Waals surface area contributed by atoms with Gasteiger partial charge < -0.3 is 9.88 Å². The van der Waals surface area contributed by atoms with Crippen LogP contribution in [0.25, 0.3) is 0 Å². The molecule has 24 heavy (non-hydrogen) atoms. The fourth-order valence-corrected chi connectivity index (χ4v) is 4.43. The highest BCUT2D eigenvalue weighted by Crippen LogP contribution is 2.21. The van der Waals surface area contributed by atoms with Crippen molar-refractivity contribution in [1.29, 1.82) is 0 Å². The van der Waals surface area contributed by atoms with Gasteiger partial charge in [0.1, 0.15) is 0 Å². The lowest BCUT2D eigenvalue weighted by Crippen LogP contribution is -2.44. The summed E-state index contributed by atoms with van der Waals surface area (Å²) in [5.41, 5.74) is 2.19. The van der Waals surface area contributed by atoms with Gasteiger partial charge in [0.05, 0.1) is 16.9 Å². The lowest BCUT2D eigenvalue weighted by atomic mass is 10.1.